The van der Waals surface area contributed by atoms with Gasteiger partial charge in [0.1, 0.15) is 0 Å². The second-order valence-corrected chi connectivity index (χ2v) is 4.66. The summed E-state index contributed by atoms with van der Waals surface area (Å²) in [6, 6.07) is 3.72. The van der Waals surface area contributed by atoms with E-state index in [4.69, 9.17) is 15.4 Å². The number of ether oxygens (including phenoxy) is 2. The first-order valence-corrected chi connectivity index (χ1v) is 5.33. The zero-order valence-electron chi connectivity index (χ0n) is 8.54. The van der Waals surface area contributed by atoms with Crippen LogP contribution in [0.25, 0.3) is 0 Å². The van der Waals surface area contributed by atoms with Gasteiger partial charge in [-0.05, 0) is 17.7 Å². The highest BCUT2D eigenvalue weighted by Gasteiger charge is 2.32. The maximum atomic E-state index is 5.60. The molecule has 1 aliphatic rings. The van der Waals surface area contributed by atoms with Crippen molar-refractivity contribution >= 4 is 15.9 Å². The quantitative estimate of drug-likeness (QED) is 0.841. The van der Waals surface area contributed by atoms with Gasteiger partial charge in [-0.15, -0.1) is 0 Å². The molecule has 1 aliphatic heterocycles. The highest BCUT2D eigenvalue weighted by atomic mass is 79.9. The van der Waals surface area contributed by atoms with Gasteiger partial charge in [0.25, 0.3) is 0 Å². The summed E-state index contributed by atoms with van der Waals surface area (Å²) in [6.45, 7) is 4.05. The maximum absolute atomic E-state index is 5.60. The number of benzene rings is 1. The van der Waals surface area contributed by atoms with Crippen molar-refractivity contribution in [1.82, 2.24) is 0 Å². The van der Waals surface area contributed by atoms with Crippen LogP contribution in [-0.2, 0) is 11.4 Å². The Morgan fingerprint density at radius 2 is 1.93 bits per heavy atom. The molecule has 1 aromatic carbocycles. The number of halogens is 1. The molecule has 0 atom stereocenters. The van der Waals surface area contributed by atoms with Crippen molar-refractivity contribution in [2.24, 2.45) is 5.90 Å². The predicted octanol–water partition coefficient (Wildman–Crippen LogP) is 2.35. The lowest BCUT2D eigenvalue weighted by atomic mass is 10.2. The third-order valence-corrected chi connectivity index (χ3v) is 2.80. The second-order valence-electron chi connectivity index (χ2n) is 3.81. The summed E-state index contributed by atoms with van der Waals surface area (Å²) in [7, 11) is 0. The van der Waals surface area contributed by atoms with Gasteiger partial charge in [0, 0.05) is 18.3 Å². The molecule has 1 aromatic rings. The molecule has 0 spiro atoms. The minimum absolute atomic E-state index is 0.331. The van der Waals surface area contributed by atoms with E-state index in [-0.39, 0.29) is 0 Å². The van der Waals surface area contributed by atoms with Gasteiger partial charge < -0.3 is 9.47 Å². The Hall–Kier alpha value is -0.780. The molecular weight excluding hydrogens is 262 g/mol. The zero-order valence-corrected chi connectivity index (χ0v) is 10.1. The molecule has 0 unspecified atom stereocenters. The van der Waals surface area contributed by atoms with Crippen LogP contribution in [0, 0.1) is 0 Å². The lowest BCUT2D eigenvalue weighted by Gasteiger charge is -2.16. The fraction of sp³-hybridized carbons (Fsp3) is 0.400. The monoisotopic (exact) mass is 273 g/mol. The van der Waals surface area contributed by atoms with Crippen LogP contribution in [0.3, 0.4) is 0 Å². The minimum Gasteiger partial charge on any atom is -0.449 e. The summed E-state index contributed by atoms with van der Waals surface area (Å²) in [4.78, 5) is 4.59. The van der Waals surface area contributed by atoms with E-state index in [0.29, 0.717) is 6.61 Å². The second kappa shape index (κ2) is 3.66. The van der Waals surface area contributed by atoms with E-state index in [1.165, 1.54) is 0 Å². The van der Waals surface area contributed by atoms with Crippen LogP contribution in [0.1, 0.15) is 19.4 Å². The van der Waals surface area contributed by atoms with Crippen molar-refractivity contribution in [3.05, 3.63) is 22.2 Å². The third kappa shape index (κ3) is 2.09. The standard InChI is InChI=1S/C10H12BrNO3/c1-10(2)14-8-3-6(5-13-12)7(11)4-9(8)15-10/h3-4H,5,12H2,1-2H3. The van der Waals surface area contributed by atoms with E-state index in [0.717, 1.165) is 21.5 Å². The van der Waals surface area contributed by atoms with Crippen molar-refractivity contribution in [3.8, 4) is 11.5 Å². The molecule has 4 nitrogen and oxygen atoms in total. The van der Waals surface area contributed by atoms with Gasteiger partial charge in [0.05, 0.1) is 6.61 Å². The van der Waals surface area contributed by atoms with Crippen LogP contribution in [0.4, 0.5) is 0 Å². The molecule has 0 fully saturated rings. The Morgan fingerprint density at radius 3 is 2.53 bits per heavy atom. The van der Waals surface area contributed by atoms with Gasteiger partial charge >= 0.3 is 0 Å². The number of hydrogen-bond donors (Lipinski definition) is 1. The smallest absolute Gasteiger partial charge is 0.246 e. The first kappa shape index (κ1) is 10.7. The van der Waals surface area contributed by atoms with Crippen molar-refractivity contribution in [2.75, 3.05) is 0 Å². The highest BCUT2D eigenvalue weighted by molar-refractivity contribution is 9.10. The largest absolute Gasteiger partial charge is 0.449 e. The molecular formula is C10H12BrNO3. The lowest BCUT2D eigenvalue weighted by molar-refractivity contribution is -0.0431. The average molecular weight is 274 g/mol. The van der Waals surface area contributed by atoms with E-state index >= 15 is 0 Å². The van der Waals surface area contributed by atoms with E-state index < -0.39 is 5.79 Å². The SMILES string of the molecule is CC1(C)Oc2cc(Br)c(CON)cc2O1. The summed E-state index contributed by atoms with van der Waals surface area (Å²) < 4.78 is 12.1. The van der Waals surface area contributed by atoms with E-state index in [9.17, 15) is 0 Å². The number of rotatable bonds is 2. The summed E-state index contributed by atoms with van der Waals surface area (Å²) in [5, 5.41) is 0. The summed E-state index contributed by atoms with van der Waals surface area (Å²) in [5.74, 6) is 5.87. The van der Waals surface area contributed by atoms with Gasteiger partial charge in [0.15, 0.2) is 11.5 Å². The van der Waals surface area contributed by atoms with Crippen molar-refractivity contribution in [1.29, 1.82) is 0 Å². The molecule has 0 bridgehead atoms. The van der Waals surface area contributed by atoms with Gasteiger partial charge in [-0.1, -0.05) is 15.9 Å². The van der Waals surface area contributed by atoms with Crippen molar-refractivity contribution < 1.29 is 14.3 Å². The Labute approximate surface area is 96.4 Å². The van der Waals surface area contributed by atoms with Crippen molar-refractivity contribution in [2.45, 2.75) is 26.2 Å². The molecule has 0 amide bonds. The van der Waals surface area contributed by atoms with Crippen LogP contribution in [-0.4, -0.2) is 5.79 Å². The third-order valence-electron chi connectivity index (χ3n) is 2.06. The molecule has 5 heteroatoms. The van der Waals surface area contributed by atoms with E-state index in [1.807, 2.05) is 26.0 Å². The zero-order chi connectivity index (χ0) is 11.1. The molecule has 15 heavy (non-hydrogen) atoms. The fourth-order valence-electron chi connectivity index (χ4n) is 1.49. The highest BCUT2D eigenvalue weighted by Crippen LogP contribution is 2.42. The van der Waals surface area contributed by atoms with Crippen LogP contribution >= 0.6 is 15.9 Å². The van der Waals surface area contributed by atoms with Crippen LogP contribution in [0.15, 0.2) is 16.6 Å². The Bertz CT molecular complexity index is 392. The molecule has 82 valence electrons. The van der Waals surface area contributed by atoms with E-state index in [1.54, 1.807) is 0 Å². The molecule has 0 saturated carbocycles. The van der Waals surface area contributed by atoms with Gasteiger partial charge in [-0.25, -0.2) is 5.90 Å². The summed E-state index contributed by atoms with van der Waals surface area (Å²) in [6.07, 6.45) is 0. The number of hydrogen-bond acceptors (Lipinski definition) is 4. The summed E-state index contributed by atoms with van der Waals surface area (Å²) in [5.41, 5.74) is 0.928. The molecule has 0 aromatic heterocycles. The van der Waals surface area contributed by atoms with E-state index in [2.05, 4.69) is 20.8 Å². The number of fused-ring (bicyclic) bond motifs is 1. The first-order valence-electron chi connectivity index (χ1n) is 4.54. The first-order chi connectivity index (χ1) is 7.02. The fourth-order valence-corrected chi connectivity index (χ4v) is 1.92. The Morgan fingerprint density at radius 1 is 1.33 bits per heavy atom. The molecule has 0 saturated heterocycles. The van der Waals surface area contributed by atoms with Gasteiger partial charge in [-0.2, -0.15) is 0 Å². The van der Waals surface area contributed by atoms with Crippen LogP contribution in [0.5, 0.6) is 11.5 Å². The summed E-state index contributed by atoms with van der Waals surface area (Å²) >= 11 is 3.42. The minimum atomic E-state index is -0.607. The van der Waals surface area contributed by atoms with Crippen LogP contribution < -0.4 is 15.4 Å². The predicted molar refractivity (Wildman–Crippen MR) is 58.5 cm³/mol. The van der Waals surface area contributed by atoms with Gasteiger partial charge in [0.2, 0.25) is 5.79 Å². The maximum Gasteiger partial charge on any atom is 0.246 e. The topological polar surface area (TPSA) is 53.7 Å². The van der Waals surface area contributed by atoms with Crippen molar-refractivity contribution in [3.63, 3.8) is 0 Å². The Kier molecular flexibility index (Phi) is 2.62. The Balaban J connectivity index is 2.36. The normalized spacial score (nSPS) is 16.8. The molecule has 0 radical (unpaired) electrons. The molecule has 2 rings (SSSR count). The van der Waals surface area contributed by atoms with Gasteiger partial charge in [-0.3, -0.25) is 4.84 Å². The average Bonchev–Trinajstić information content (AvgIpc) is 2.39. The lowest BCUT2D eigenvalue weighted by Crippen LogP contribution is -2.29. The molecule has 1 heterocycles. The molecule has 0 aliphatic carbocycles. The van der Waals surface area contributed by atoms with Crippen LogP contribution in [0.2, 0.25) is 0 Å². The number of nitrogens with two attached hydrogens (primary N) is 1. The molecule has 2 N–H and O–H groups in total.